The molecule has 0 aromatic heterocycles. The van der Waals surface area contributed by atoms with Crippen LogP contribution in [0, 0.1) is 22.0 Å². The van der Waals surface area contributed by atoms with Crippen LogP contribution in [0.3, 0.4) is 0 Å². The molecule has 0 unspecified atom stereocenters. The van der Waals surface area contributed by atoms with Crippen molar-refractivity contribution in [1.82, 2.24) is 0 Å². The van der Waals surface area contributed by atoms with E-state index in [0.29, 0.717) is 5.69 Å². The molecule has 180 valence electrons. The number of imide groups is 1. The van der Waals surface area contributed by atoms with Crippen molar-refractivity contribution in [3.63, 3.8) is 0 Å². The highest BCUT2D eigenvalue weighted by atomic mass is 16.6. The molecule has 0 radical (unpaired) electrons. The molecule has 2 atom stereocenters. The molecule has 2 bridgehead atoms. The first-order valence-electron chi connectivity index (χ1n) is 12.3. The predicted molar refractivity (Wildman–Crippen MR) is 139 cm³/mol. The molecule has 4 aromatic rings. The van der Waals surface area contributed by atoms with E-state index in [-0.39, 0.29) is 23.4 Å². The molecular weight excluding hydrogens is 464 g/mol. The fourth-order valence-corrected chi connectivity index (χ4v) is 6.98. The second kappa shape index (κ2) is 7.46. The molecule has 37 heavy (non-hydrogen) atoms. The Balaban J connectivity index is 1.30. The summed E-state index contributed by atoms with van der Waals surface area (Å²) >= 11 is 0. The number of hydrogen-bond donors (Lipinski definition) is 0. The number of carbonyl (C=O) groups excluding carboxylic acids is 2. The molecule has 1 saturated heterocycles. The largest absolute Gasteiger partial charge is 0.274 e. The van der Waals surface area contributed by atoms with Gasteiger partial charge in [0.1, 0.15) is 0 Å². The number of nitro groups is 1. The lowest BCUT2D eigenvalue weighted by Crippen LogP contribution is -2.51. The molecule has 1 fully saturated rings. The fourth-order valence-electron chi connectivity index (χ4n) is 6.98. The zero-order valence-corrected chi connectivity index (χ0v) is 20.0. The lowest BCUT2D eigenvalue weighted by atomic mass is 9.48. The normalized spacial score (nSPS) is 25.0. The Kier molecular flexibility index (Phi) is 4.37. The zero-order chi connectivity index (χ0) is 25.5. The molecule has 1 aliphatic heterocycles. The number of anilines is 1. The van der Waals surface area contributed by atoms with Gasteiger partial charge in [-0.1, -0.05) is 67.6 Å². The quantitative estimate of drug-likeness (QED) is 0.207. The number of carbonyl (C=O) groups is 2. The number of rotatable bonds is 3. The summed E-state index contributed by atoms with van der Waals surface area (Å²) in [5.74, 6) is -1.38. The van der Waals surface area contributed by atoms with E-state index in [1.54, 1.807) is 24.3 Å². The molecule has 4 aromatic carbocycles. The Morgan fingerprint density at radius 2 is 1.24 bits per heavy atom. The second-order valence-electron chi connectivity index (χ2n) is 10.2. The van der Waals surface area contributed by atoms with Crippen molar-refractivity contribution in [3.8, 4) is 11.1 Å². The highest BCUT2D eigenvalue weighted by molar-refractivity contribution is 6.23. The van der Waals surface area contributed by atoms with Gasteiger partial charge in [0.05, 0.1) is 22.4 Å². The van der Waals surface area contributed by atoms with Crippen LogP contribution in [0.25, 0.3) is 11.1 Å². The number of amides is 2. The summed E-state index contributed by atoms with van der Waals surface area (Å²) in [6.07, 6.45) is 0. The van der Waals surface area contributed by atoms with E-state index in [4.69, 9.17) is 0 Å². The van der Waals surface area contributed by atoms with Crippen molar-refractivity contribution >= 4 is 23.2 Å². The van der Waals surface area contributed by atoms with Crippen LogP contribution < -0.4 is 4.90 Å². The Morgan fingerprint density at radius 3 is 1.78 bits per heavy atom. The summed E-state index contributed by atoms with van der Waals surface area (Å²) in [7, 11) is 0. The Hall–Kier alpha value is -4.58. The van der Waals surface area contributed by atoms with E-state index in [2.05, 4.69) is 31.2 Å². The fraction of sp³-hybridized carbons (Fsp3) is 0.161. The lowest BCUT2D eigenvalue weighted by molar-refractivity contribution is -0.384. The molecule has 1 heterocycles. The van der Waals surface area contributed by atoms with Gasteiger partial charge in [-0.15, -0.1) is 0 Å². The Bertz CT molecular complexity index is 1580. The molecule has 0 saturated carbocycles. The number of nitro benzene ring substituents is 1. The van der Waals surface area contributed by atoms with E-state index in [1.165, 1.54) is 17.0 Å². The maximum atomic E-state index is 14.1. The maximum absolute atomic E-state index is 14.1. The average Bonchev–Trinajstić information content (AvgIpc) is 3.20. The lowest BCUT2D eigenvalue weighted by Gasteiger charge is -2.52. The molecule has 6 nitrogen and oxygen atoms in total. The van der Waals surface area contributed by atoms with Crippen LogP contribution in [0.2, 0.25) is 0 Å². The Morgan fingerprint density at radius 1 is 0.730 bits per heavy atom. The van der Waals surface area contributed by atoms with Gasteiger partial charge in [0.25, 0.3) is 5.69 Å². The van der Waals surface area contributed by atoms with Crippen LogP contribution in [0.5, 0.6) is 0 Å². The van der Waals surface area contributed by atoms with E-state index in [1.807, 2.05) is 36.4 Å². The van der Waals surface area contributed by atoms with E-state index < -0.39 is 22.2 Å². The number of benzene rings is 4. The van der Waals surface area contributed by atoms with Crippen LogP contribution in [0.4, 0.5) is 11.4 Å². The highest BCUT2D eigenvalue weighted by Gasteiger charge is 2.66. The van der Waals surface area contributed by atoms with Gasteiger partial charge in [0, 0.05) is 23.5 Å². The van der Waals surface area contributed by atoms with Gasteiger partial charge in [-0.05, 0) is 57.6 Å². The summed E-state index contributed by atoms with van der Waals surface area (Å²) < 4.78 is 0. The molecule has 4 aliphatic rings. The molecular formula is C31H22N2O4. The van der Waals surface area contributed by atoms with Crippen LogP contribution in [0.1, 0.15) is 35.1 Å². The van der Waals surface area contributed by atoms with Crippen LogP contribution in [-0.2, 0) is 15.0 Å². The number of hydrogen-bond acceptors (Lipinski definition) is 4. The first kappa shape index (κ1) is 21.7. The first-order chi connectivity index (χ1) is 17.9. The SMILES string of the molecule is CC12c3ccccc3C(c3ccccc31)[C@@H]1C(=O)N(c3ccc(-c4ccc([N+](=O)[O-])cc4)cc3)C(=O)[C@H]12. The van der Waals surface area contributed by atoms with Gasteiger partial charge in [0.15, 0.2) is 0 Å². The van der Waals surface area contributed by atoms with Crippen LogP contribution >= 0.6 is 0 Å². The van der Waals surface area contributed by atoms with Gasteiger partial charge >= 0.3 is 0 Å². The van der Waals surface area contributed by atoms with Gasteiger partial charge in [-0.2, -0.15) is 0 Å². The summed E-state index contributed by atoms with van der Waals surface area (Å²) in [5, 5.41) is 11.0. The third-order valence-corrected chi connectivity index (χ3v) is 8.58. The molecule has 3 aliphatic carbocycles. The predicted octanol–water partition coefficient (Wildman–Crippen LogP) is 5.83. The van der Waals surface area contributed by atoms with E-state index >= 15 is 0 Å². The summed E-state index contributed by atoms with van der Waals surface area (Å²) in [6.45, 7) is 2.12. The maximum Gasteiger partial charge on any atom is 0.269 e. The third-order valence-electron chi connectivity index (χ3n) is 8.58. The smallest absolute Gasteiger partial charge is 0.269 e. The van der Waals surface area contributed by atoms with Crippen molar-refractivity contribution in [2.24, 2.45) is 11.8 Å². The van der Waals surface area contributed by atoms with Crippen molar-refractivity contribution in [2.45, 2.75) is 18.3 Å². The van der Waals surface area contributed by atoms with Crippen molar-refractivity contribution < 1.29 is 14.5 Å². The minimum Gasteiger partial charge on any atom is -0.274 e. The van der Waals surface area contributed by atoms with Crippen molar-refractivity contribution in [2.75, 3.05) is 4.90 Å². The summed E-state index contributed by atoms with van der Waals surface area (Å²) in [6, 6.07) is 30.0. The van der Waals surface area contributed by atoms with Gasteiger partial charge in [-0.3, -0.25) is 19.7 Å². The molecule has 6 heteroatoms. The van der Waals surface area contributed by atoms with Gasteiger partial charge < -0.3 is 0 Å². The molecule has 2 amide bonds. The van der Waals surface area contributed by atoms with Crippen LogP contribution in [0.15, 0.2) is 97.1 Å². The minimum absolute atomic E-state index is 0.0290. The average molecular weight is 487 g/mol. The van der Waals surface area contributed by atoms with Crippen molar-refractivity contribution in [1.29, 1.82) is 0 Å². The first-order valence-corrected chi connectivity index (χ1v) is 12.3. The molecule has 0 spiro atoms. The summed E-state index contributed by atoms with van der Waals surface area (Å²) in [4.78, 5) is 40.0. The van der Waals surface area contributed by atoms with Crippen molar-refractivity contribution in [3.05, 3.63) is 129 Å². The van der Waals surface area contributed by atoms with E-state index in [9.17, 15) is 19.7 Å². The second-order valence-corrected chi connectivity index (χ2v) is 10.2. The van der Waals surface area contributed by atoms with Gasteiger partial charge in [-0.25, -0.2) is 4.90 Å². The zero-order valence-electron chi connectivity index (χ0n) is 20.0. The topological polar surface area (TPSA) is 80.5 Å². The molecule has 8 rings (SSSR count). The Labute approximate surface area is 213 Å². The monoisotopic (exact) mass is 486 g/mol. The molecule has 0 N–H and O–H groups in total. The van der Waals surface area contributed by atoms with Crippen LogP contribution in [-0.4, -0.2) is 16.7 Å². The number of non-ortho nitro benzene ring substituents is 1. The summed E-state index contributed by atoms with van der Waals surface area (Å²) in [5.41, 5.74) is 6.21. The highest BCUT2D eigenvalue weighted by Crippen LogP contribution is 2.64. The standard InChI is InChI=1S/C31H22N2O4/c1-31-24-8-4-2-6-22(24)26(23-7-3-5-9-25(23)31)27-28(31)30(35)32(29(27)34)20-14-10-18(11-15-20)19-12-16-21(17-13-19)33(36)37/h2-17,26-28H,1H3/t26?,27-,28-,31?/m0/s1. The number of nitrogens with zero attached hydrogens (tertiary/aromatic N) is 2. The minimum atomic E-state index is -0.590. The van der Waals surface area contributed by atoms with E-state index in [0.717, 1.165) is 33.4 Å². The third kappa shape index (κ3) is 2.75. The van der Waals surface area contributed by atoms with Gasteiger partial charge in [0.2, 0.25) is 11.8 Å².